The monoisotopic (exact) mass is 460 g/mol. The normalized spacial score (nSPS) is 13.9. The molecule has 0 spiro atoms. The van der Waals surface area contributed by atoms with E-state index in [1.807, 2.05) is 30.3 Å². The van der Waals surface area contributed by atoms with Gasteiger partial charge in [0, 0.05) is 12.0 Å². The van der Waals surface area contributed by atoms with Crippen LogP contribution in [0.1, 0.15) is 33.5 Å². The molecular formula is C25H20N2O5S. The molecule has 7 nitrogen and oxygen atoms in total. The van der Waals surface area contributed by atoms with Crippen LogP contribution in [0.2, 0.25) is 0 Å². The lowest BCUT2D eigenvalue weighted by atomic mass is 10.1. The molecule has 1 heterocycles. The van der Waals surface area contributed by atoms with E-state index < -0.39 is 22.0 Å². The quantitative estimate of drug-likeness (QED) is 0.558. The molecule has 3 aromatic carbocycles. The maximum Gasteiger partial charge on any atom is 0.336 e. The minimum absolute atomic E-state index is 0.0286. The number of hydrogen-bond donors (Lipinski definition) is 2. The summed E-state index contributed by atoms with van der Waals surface area (Å²) in [6, 6.07) is 19.5. The zero-order valence-electron chi connectivity index (χ0n) is 17.5. The summed E-state index contributed by atoms with van der Waals surface area (Å²) in [7, 11) is -4.12. The van der Waals surface area contributed by atoms with Gasteiger partial charge < -0.3 is 10.4 Å². The van der Waals surface area contributed by atoms with Gasteiger partial charge >= 0.3 is 12.0 Å². The highest BCUT2D eigenvalue weighted by molar-refractivity contribution is 7.90. The molecule has 0 aliphatic carbocycles. The van der Waals surface area contributed by atoms with Crippen molar-refractivity contribution in [1.29, 1.82) is 0 Å². The van der Waals surface area contributed by atoms with Crippen LogP contribution in [-0.4, -0.2) is 29.8 Å². The first-order valence-electron chi connectivity index (χ1n) is 10.2. The Morgan fingerprint density at radius 2 is 1.70 bits per heavy atom. The number of aromatic carboxylic acids is 1. The highest BCUT2D eigenvalue weighted by Gasteiger charge is 2.36. The zero-order valence-corrected chi connectivity index (χ0v) is 18.3. The standard InChI is InChI=1S/C25H20N2O5S/c28-24(29)21-13-10-20(11-14-21)17-27-25(30)26-22-15-12-19(16-23(22)33(27,31)32)9-5-4-8-18-6-2-1-3-7-18/h1-3,6-7,10-16H,4,8,17H2,(H,26,30)(H,28,29). The fourth-order valence-electron chi connectivity index (χ4n) is 3.41. The Morgan fingerprint density at radius 1 is 0.970 bits per heavy atom. The molecule has 4 rings (SSSR count). The average Bonchev–Trinajstić information content (AvgIpc) is 2.81. The van der Waals surface area contributed by atoms with Crippen molar-refractivity contribution in [3.05, 3.63) is 95.1 Å². The number of rotatable bonds is 5. The van der Waals surface area contributed by atoms with Gasteiger partial charge in [-0.15, -0.1) is 0 Å². The van der Waals surface area contributed by atoms with Gasteiger partial charge in [0.15, 0.2) is 0 Å². The van der Waals surface area contributed by atoms with Crippen molar-refractivity contribution in [3.8, 4) is 11.8 Å². The van der Waals surface area contributed by atoms with Crippen LogP contribution in [0.15, 0.2) is 77.7 Å². The average molecular weight is 461 g/mol. The van der Waals surface area contributed by atoms with Crippen LogP contribution < -0.4 is 5.32 Å². The van der Waals surface area contributed by atoms with Gasteiger partial charge in [-0.25, -0.2) is 22.3 Å². The first kappa shape index (κ1) is 22.1. The fraction of sp³-hybridized carbons (Fsp3) is 0.120. The summed E-state index contributed by atoms with van der Waals surface area (Å²) in [4.78, 5) is 23.5. The number of carbonyl (C=O) groups is 2. The number of benzene rings is 3. The van der Waals surface area contributed by atoms with Crippen molar-refractivity contribution in [1.82, 2.24) is 4.31 Å². The molecule has 33 heavy (non-hydrogen) atoms. The number of sulfonamides is 1. The summed E-state index contributed by atoms with van der Waals surface area (Å²) >= 11 is 0. The number of aryl methyl sites for hydroxylation is 1. The Bertz CT molecular complexity index is 1370. The number of fused-ring (bicyclic) bond motifs is 1. The maximum atomic E-state index is 13.2. The second kappa shape index (κ2) is 9.18. The molecule has 3 aromatic rings. The number of amides is 2. The molecule has 1 aliphatic heterocycles. The predicted octanol–water partition coefficient (Wildman–Crippen LogP) is 4.11. The largest absolute Gasteiger partial charge is 0.478 e. The number of anilines is 1. The van der Waals surface area contributed by atoms with E-state index in [2.05, 4.69) is 17.2 Å². The van der Waals surface area contributed by atoms with E-state index >= 15 is 0 Å². The van der Waals surface area contributed by atoms with Crippen molar-refractivity contribution in [3.63, 3.8) is 0 Å². The van der Waals surface area contributed by atoms with Crippen LogP contribution in [0.4, 0.5) is 10.5 Å². The van der Waals surface area contributed by atoms with Gasteiger partial charge in [0.1, 0.15) is 4.90 Å². The summed E-state index contributed by atoms with van der Waals surface area (Å²) in [5, 5.41) is 11.6. The van der Waals surface area contributed by atoms with Crippen LogP contribution in [0.25, 0.3) is 0 Å². The lowest BCUT2D eigenvalue weighted by Crippen LogP contribution is -2.43. The molecule has 0 atom stereocenters. The molecule has 0 bridgehead atoms. The van der Waals surface area contributed by atoms with Gasteiger partial charge in [0.05, 0.1) is 17.8 Å². The molecular weight excluding hydrogens is 440 g/mol. The van der Waals surface area contributed by atoms with E-state index in [4.69, 9.17) is 5.11 Å². The SMILES string of the molecule is O=C(O)c1ccc(CN2C(=O)Nc3ccc(C#CCCc4ccccc4)cc3S2(=O)=O)cc1. The van der Waals surface area contributed by atoms with Gasteiger partial charge in [-0.2, -0.15) is 0 Å². The van der Waals surface area contributed by atoms with Crippen molar-refractivity contribution < 1.29 is 23.1 Å². The predicted molar refractivity (Wildman–Crippen MR) is 123 cm³/mol. The van der Waals surface area contributed by atoms with Crippen molar-refractivity contribution >= 4 is 27.7 Å². The summed E-state index contributed by atoms with van der Waals surface area (Å²) in [6.45, 7) is -0.222. The molecule has 0 saturated carbocycles. The molecule has 0 radical (unpaired) electrons. The number of urea groups is 1. The second-order valence-corrected chi connectivity index (χ2v) is 9.27. The maximum absolute atomic E-state index is 13.2. The third-order valence-electron chi connectivity index (χ3n) is 5.16. The zero-order chi connectivity index (χ0) is 23.4. The first-order chi connectivity index (χ1) is 15.8. The van der Waals surface area contributed by atoms with Gasteiger partial charge in [-0.05, 0) is 47.9 Å². The van der Waals surface area contributed by atoms with Crippen LogP contribution in [0.3, 0.4) is 0 Å². The number of carbonyl (C=O) groups excluding carboxylic acids is 1. The number of carboxylic acid groups (broad SMARTS) is 1. The van der Waals surface area contributed by atoms with Crippen molar-refractivity contribution in [2.45, 2.75) is 24.3 Å². The summed E-state index contributed by atoms with van der Waals surface area (Å²) in [5.41, 5.74) is 2.47. The molecule has 0 fully saturated rings. The minimum Gasteiger partial charge on any atom is -0.478 e. The Hall–Kier alpha value is -4.09. The first-order valence-corrected chi connectivity index (χ1v) is 11.6. The highest BCUT2D eigenvalue weighted by atomic mass is 32.2. The Kier molecular flexibility index (Phi) is 6.16. The lowest BCUT2D eigenvalue weighted by Gasteiger charge is -2.29. The van der Waals surface area contributed by atoms with E-state index in [9.17, 15) is 18.0 Å². The Balaban J connectivity index is 1.54. The smallest absolute Gasteiger partial charge is 0.336 e. The molecule has 0 saturated heterocycles. The Morgan fingerprint density at radius 3 is 2.39 bits per heavy atom. The molecule has 166 valence electrons. The van der Waals surface area contributed by atoms with Gasteiger partial charge in [-0.3, -0.25) is 0 Å². The second-order valence-electron chi connectivity index (χ2n) is 7.44. The molecule has 0 unspecified atom stereocenters. The van der Waals surface area contributed by atoms with E-state index in [0.717, 1.165) is 10.7 Å². The van der Waals surface area contributed by atoms with Crippen LogP contribution >= 0.6 is 0 Å². The number of carboxylic acids is 1. The van der Waals surface area contributed by atoms with Gasteiger partial charge in [-0.1, -0.05) is 54.3 Å². The molecule has 0 aromatic heterocycles. The van der Waals surface area contributed by atoms with Crippen LogP contribution in [-0.2, 0) is 23.0 Å². The summed E-state index contributed by atoms with van der Waals surface area (Å²) in [6.07, 6.45) is 1.42. The van der Waals surface area contributed by atoms with E-state index in [1.165, 1.54) is 42.0 Å². The third-order valence-corrected chi connectivity index (χ3v) is 6.93. The lowest BCUT2D eigenvalue weighted by molar-refractivity contribution is 0.0696. The molecule has 2 amide bonds. The van der Waals surface area contributed by atoms with Gasteiger partial charge in [0.2, 0.25) is 0 Å². The molecule has 2 N–H and O–H groups in total. The topological polar surface area (TPSA) is 104 Å². The summed E-state index contributed by atoms with van der Waals surface area (Å²) < 4.78 is 27.1. The number of nitrogens with zero attached hydrogens (tertiary/aromatic N) is 1. The van der Waals surface area contributed by atoms with Gasteiger partial charge in [0.25, 0.3) is 10.0 Å². The van der Waals surface area contributed by atoms with Crippen LogP contribution in [0.5, 0.6) is 0 Å². The van der Waals surface area contributed by atoms with E-state index in [0.29, 0.717) is 17.5 Å². The minimum atomic E-state index is -4.12. The molecule has 8 heteroatoms. The number of hydrogen-bond acceptors (Lipinski definition) is 4. The summed E-state index contributed by atoms with van der Waals surface area (Å²) in [5.74, 6) is 4.97. The molecule has 1 aliphatic rings. The van der Waals surface area contributed by atoms with Crippen molar-refractivity contribution in [2.24, 2.45) is 0 Å². The van der Waals surface area contributed by atoms with Crippen LogP contribution in [0, 0.1) is 11.8 Å². The van der Waals surface area contributed by atoms with Crippen molar-refractivity contribution in [2.75, 3.05) is 5.32 Å². The third kappa shape index (κ3) is 4.89. The van der Waals surface area contributed by atoms with E-state index in [1.54, 1.807) is 6.07 Å². The number of nitrogens with one attached hydrogen (secondary N) is 1. The Labute approximate surface area is 191 Å². The van der Waals surface area contributed by atoms with E-state index in [-0.39, 0.29) is 22.7 Å². The fourth-order valence-corrected chi connectivity index (χ4v) is 4.91. The highest BCUT2D eigenvalue weighted by Crippen LogP contribution is 2.32.